The van der Waals surface area contributed by atoms with Crippen LogP contribution in [-0.2, 0) is 14.8 Å². The van der Waals surface area contributed by atoms with Crippen molar-refractivity contribution in [2.24, 2.45) is 0 Å². The maximum atomic E-state index is 12.4. The second-order valence-electron chi connectivity index (χ2n) is 5.89. The van der Waals surface area contributed by atoms with Crippen molar-refractivity contribution in [1.82, 2.24) is 4.72 Å². The molecule has 0 aliphatic rings. The maximum absolute atomic E-state index is 12.4. The Kier molecular flexibility index (Phi) is 7.16. The minimum absolute atomic E-state index is 0.128. The first-order chi connectivity index (χ1) is 12.2. The predicted molar refractivity (Wildman–Crippen MR) is 110 cm³/mol. The van der Waals surface area contributed by atoms with Gasteiger partial charge in [0.1, 0.15) is 0 Å². The number of benzene rings is 2. The number of sulfonamides is 1. The van der Waals surface area contributed by atoms with E-state index in [-0.39, 0.29) is 23.5 Å². The lowest BCUT2D eigenvalue weighted by atomic mass is 10.1. The van der Waals surface area contributed by atoms with E-state index in [1.165, 1.54) is 19.2 Å². The molecular weight excluding hydrogens is 467 g/mol. The van der Waals surface area contributed by atoms with Gasteiger partial charge in [0.25, 0.3) is 5.91 Å². The Morgan fingerprint density at radius 1 is 1.19 bits per heavy atom. The van der Waals surface area contributed by atoms with Crippen LogP contribution in [0, 0.1) is 10.5 Å². The summed E-state index contributed by atoms with van der Waals surface area (Å²) in [6.45, 7) is 3.94. The highest BCUT2D eigenvalue weighted by Crippen LogP contribution is 2.19. The average molecular weight is 488 g/mol. The van der Waals surface area contributed by atoms with Crippen LogP contribution >= 0.6 is 22.6 Å². The summed E-state index contributed by atoms with van der Waals surface area (Å²) in [5, 5.41) is 2.79. The predicted octanol–water partition coefficient (Wildman–Crippen LogP) is 3.17. The second-order valence-corrected chi connectivity index (χ2v) is 8.69. The standard InChI is InChI=1S/C18H21IN2O4S/c1-12-5-4-6-16(17(12)19)18(22)20-14-7-9-15(10-8-14)26(23,24)21-13(2)11-25-3/h4-10,13,21H,11H2,1-3H3,(H,20,22). The molecule has 0 aliphatic carbocycles. The molecule has 1 amide bonds. The van der Waals surface area contributed by atoms with Crippen molar-refractivity contribution in [2.75, 3.05) is 19.0 Å². The van der Waals surface area contributed by atoms with Crippen molar-refractivity contribution < 1.29 is 17.9 Å². The van der Waals surface area contributed by atoms with Crippen molar-refractivity contribution in [1.29, 1.82) is 0 Å². The number of nitrogens with one attached hydrogen (secondary N) is 2. The van der Waals surface area contributed by atoms with Crippen LogP contribution in [-0.4, -0.2) is 34.1 Å². The Morgan fingerprint density at radius 2 is 1.85 bits per heavy atom. The Bertz CT molecular complexity index is 883. The molecule has 0 aromatic heterocycles. The van der Waals surface area contributed by atoms with E-state index in [9.17, 15) is 13.2 Å². The van der Waals surface area contributed by atoms with Crippen molar-refractivity contribution >= 4 is 44.2 Å². The smallest absolute Gasteiger partial charge is 0.256 e. The minimum atomic E-state index is -3.64. The lowest BCUT2D eigenvalue weighted by Crippen LogP contribution is -2.35. The van der Waals surface area contributed by atoms with Gasteiger partial charge in [0.2, 0.25) is 10.0 Å². The number of hydrogen-bond acceptors (Lipinski definition) is 4. The van der Waals surface area contributed by atoms with Crippen LogP contribution in [0.3, 0.4) is 0 Å². The van der Waals surface area contributed by atoms with Crippen LogP contribution in [0.25, 0.3) is 0 Å². The molecule has 2 rings (SSSR count). The van der Waals surface area contributed by atoms with E-state index >= 15 is 0 Å². The van der Waals surface area contributed by atoms with Gasteiger partial charge in [0, 0.05) is 22.4 Å². The third-order valence-electron chi connectivity index (χ3n) is 3.63. The van der Waals surface area contributed by atoms with Gasteiger partial charge in [-0.25, -0.2) is 13.1 Å². The third kappa shape index (κ3) is 5.26. The molecule has 8 heteroatoms. The van der Waals surface area contributed by atoms with E-state index in [0.29, 0.717) is 11.3 Å². The molecule has 140 valence electrons. The van der Waals surface area contributed by atoms with E-state index in [1.807, 2.05) is 19.1 Å². The van der Waals surface area contributed by atoms with Crippen molar-refractivity contribution in [3.8, 4) is 0 Å². The van der Waals surface area contributed by atoms with Gasteiger partial charge in [-0.1, -0.05) is 12.1 Å². The molecule has 0 bridgehead atoms. The number of aryl methyl sites for hydroxylation is 1. The number of carbonyl (C=O) groups excluding carboxylic acids is 1. The number of carbonyl (C=O) groups is 1. The van der Waals surface area contributed by atoms with Crippen LogP contribution in [0.2, 0.25) is 0 Å². The fourth-order valence-corrected chi connectivity index (χ4v) is 4.19. The number of anilines is 1. The summed E-state index contributed by atoms with van der Waals surface area (Å²) in [7, 11) is -2.12. The first-order valence-corrected chi connectivity index (χ1v) is 10.5. The van der Waals surface area contributed by atoms with Gasteiger partial charge in [0.15, 0.2) is 0 Å². The first kappa shape index (κ1) is 20.8. The van der Waals surface area contributed by atoms with Gasteiger partial charge < -0.3 is 10.1 Å². The fraction of sp³-hybridized carbons (Fsp3) is 0.278. The Hall–Kier alpha value is -1.49. The molecule has 0 heterocycles. The van der Waals surface area contributed by atoms with Crippen molar-refractivity contribution in [3.63, 3.8) is 0 Å². The molecule has 0 radical (unpaired) electrons. The highest BCUT2D eigenvalue weighted by atomic mass is 127. The number of halogens is 1. The van der Waals surface area contributed by atoms with Crippen LogP contribution < -0.4 is 10.0 Å². The van der Waals surface area contributed by atoms with Crippen LogP contribution in [0.4, 0.5) is 5.69 Å². The molecule has 6 nitrogen and oxygen atoms in total. The van der Waals surface area contributed by atoms with Gasteiger partial charge in [-0.05, 0) is 72.3 Å². The Labute approximate surface area is 167 Å². The van der Waals surface area contributed by atoms with Crippen LogP contribution in [0.1, 0.15) is 22.8 Å². The molecule has 2 N–H and O–H groups in total. The lowest BCUT2D eigenvalue weighted by molar-refractivity contribution is 0.102. The maximum Gasteiger partial charge on any atom is 0.256 e. The van der Waals surface area contributed by atoms with E-state index in [4.69, 9.17) is 4.74 Å². The van der Waals surface area contributed by atoms with Gasteiger partial charge in [0.05, 0.1) is 17.1 Å². The van der Waals surface area contributed by atoms with E-state index in [2.05, 4.69) is 32.6 Å². The summed E-state index contributed by atoms with van der Waals surface area (Å²) in [6, 6.07) is 11.2. The van der Waals surface area contributed by atoms with Crippen LogP contribution in [0.15, 0.2) is 47.4 Å². The van der Waals surface area contributed by atoms with Gasteiger partial charge >= 0.3 is 0 Å². The summed E-state index contributed by atoms with van der Waals surface area (Å²) in [4.78, 5) is 12.6. The number of methoxy groups -OCH3 is 1. The zero-order valence-electron chi connectivity index (χ0n) is 14.7. The summed E-state index contributed by atoms with van der Waals surface area (Å²) in [5.41, 5.74) is 2.13. The number of ether oxygens (including phenoxy) is 1. The quantitative estimate of drug-likeness (QED) is 0.587. The zero-order chi connectivity index (χ0) is 19.3. The topological polar surface area (TPSA) is 84.5 Å². The number of hydrogen-bond donors (Lipinski definition) is 2. The minimum Gasteiger partial charge on any atom is -0.383 e. The van der Waals surface area contributed by atoms with Gasteiger partial charge in [-0.15, -0.1) is 0 Å². The van der Waals surface area contributed by atoms with Gasteiger partial charge in [-0.3, -0.25) is 4.79 Å². The number of rotatable bonds is 7. The van der Waals surface area contributed by atoms with Crippen molar-refractivity contribution in [3.05, 3.63) is 57.2 Å². The van der Waals surface area contributed by atoms with Crippen LogP contribution in [0.5, 0.6) is 0 Å². The molecule has 26 heavy (non-hydrogen) atoms. The first-order valence-electron chi connectivity index (χ1n) is 7.92. The Balaban J connectivity index is 2.12. The molecule has 1 unspecified atom stereocenters. The zero-order valence-corrected chi connectivity index (χ0v) is 17.7. The normalized spacial score (nSPS) is 12.6. The third-order valence-corrected chi connectivity index (χ3v) is 6.67. The van der Waals surface area contributed by atoms with E-state index in [1.54, 1.807) is 25.1 Å². The summed E-state index contributed by atoms with van der Waals surface area (Å²) in [6.07, 6.45) is 0. The summed E-state index contributed by atoms with van der Waals surface area (Å²) in [5.74, 6) is -0.236. The Morgan fingerprint density at radius 3 is 2.46 bits per heavy atom. The lowest BCUT2D eigenvalue weighted by Gasteiger charge is -2.14. The fourth-order valence-electron chi connectivity index (χ4n) is 2.36. The molecule has 0 saturated heterocycles. The molecule has 0 aliphatic heterocycles. The van der Waals surface area contributed by atoms with E-state index in [0.717, 1.165) is 9.13 Å². The number of amides is 1. The van der Waals surface area contributed by atoms with Gasteiger partial charge in [-0.2, -0.15) is 0 Å². The summed E-state index contributed by atoms with van der Waals surface area (Å²) < 4.78 is 33.0. The molecular formula is C18H21IN2O4S. The average Bonchev–Trinajstić information content (AvgIpc) is 2.57. The molecule has 0 spiro atoms. The summed E-state index contributed by atoms with van der Waals surface area (Å²) >= 11 is 2.14. The molecule has 2 aromatic rings. The molecule has 2 aromatic carbocycles. The van der Waals surface area contributed by atoms with Crippen molar-refractivity contribution in [2.45, 2.75) is 24.8 Å². The molecule has 0 saturated carbocycles. The largest absolute Gasteiger partial charge is 0.383 e. The SMILES string of the molecule is COCC(C)NS(=O)(=O)c1ccc(NC(=O)c2cccc(C)c2I)cc1. The highest BCUT2D eigenvalue weighted by Gasteiger charge is 2.17. The highest BCUT2D eigenvalue weighted by molar-refractivity contribution is 14.1. The van der Waals surface area contributed by atoms with E-state index < -0.39 is 10.0 Å². The monoisotopic (exact) mass is 488 g/mol. The molecule has 0 fully saturated rings. The molecule has 1 atom stereocenters. The second kappa shape index (κ2) is 8.94.